The minimum atomic E-state index is -4.06. The number of aryl methyl sites for hydroxylation is 1. The summed E-state index contributed by atoms with van der Waals surface area (Å²) in [4.78, 5) is 13.5. The maximum absolute atomic E-state index is 13.2. The molecule has 0 radical (unpaired) electrons. The van der Waals surface area contributed by atoms with Gasteiger partial charge >= 0.3 is 0 Å². The average Bonchev–Trinajstić information content (AvgIpc) is 2.95. The highest BCUT2D eigenvalue weighted by molar-refractivity contribution is 9.13. The van der Waals surface area contributed by atoms with Crippen LogP contribution in [-0.2, 0) is 10.0 Å². The monoisotopic (exact) mass is 513 g/mol. The van der Waals surface area contributed by atoms with Crippen molar-refractivity contribution in [3.05, 3.63) is 79.4 Å². The summed E-state index contributed by atoms with van der Waals surface area (Å²) >= 11 is 7.85. The Morgan fingerprint density at radius 1 is 1.00 bits per heavy atom. The first-order valence-electron chi connectivity index (χ1n) is 7.47. The molecule has 0 saturated carbocycles. The molecule has 8 heteroatoms. The van der Waals surface area contributed by atoms with Crippen molar-refractivity contribution in [1.82, 2.24) is 0 Å². The molecule has 1 heterocycles. The Labute approximate surface area is 172 Å². The first-order valence-corrected chi connectivity index (χ1v) is 11.3. The van der Waals surface area contributed by atoms with Crippen LogP contribution in [0.5, 0.6) is 0 Å². The number of para-hydroxylation sites is 1. The van der Waals surface area contributed by atoms with E-state index in [2.05, 4.69) is 31.9 Å². The number of carbonyl (C=O) groups is 1. The first-order chi connectivity index (χ1) is 12.3. The van der Waals surface area contributed by atoms with Gasteiger partial charge in [0.15, 0.2) is 0 Å². The van der Waals surface area contributed by atoms with E-state index in [9.17, 15) is 13.2 Å². The summed E-state index contributed by atoms with van der Waals surface area (Å²) in [7, 11) is -4.06. The quantitative estimate of drug-likeness (QED) is 0.454. The summed E-state index contributed by atoms with van der Waals surface area (Å²) < 4.78 is 28.7. The predicted molar refractivity (Wildman–Crippen MR) is 111 cm³/mol. The fourth-order valence-electron chi connectivity index (χ4n) is 2.30. The number of hydrogen-bond donors (Lipinski definition) is 0. The van der Waals surface area contributed by atoms with E-state index < -0.39 is 15.9 Å². The molecule has 0 aliphatic heterocycles. The number of amides is 1. The van der Waals surface area contributed by atoms with E-state index in [0.29, 0.717) is 15.0 Å². The number of nitrogens with zero attached hydrogens (tertiary/aromatic N) is 1. The normalized spacial score (nSPS) is 11.3. The van der Waals surface area contributed by atoms with E-state index in [4.69, 9.17) is 0 Å². The van der Waals surface area contributed by atoms with Gasteiger partial charge in [-0.25, -0.2) is 8.42 Å². The van der Waals surface area contributed by atoms with Crippen LogP contribution in [0.1, 0.15) is 15.2 Å². The van der Waals surface area contributed by atoms with Crippen LogP contribution in [0.4, 0.5) is 5.69 Å². The van der Waals surface area contributed by atoms with Crippen molar-refractivity contribution in [2.45, 2.75) is 11.8 Å². The molecule has 0 N–H and O–H groups in total. The summed E-state index contributed by atoms with van der Waals surface area (Å²) in [6.07, 6.45) is 0. The molecule has 0 atom stereocenters. The Bertz CT molecular complexity index is 1030. The van der Waals surface area contributed by atoms with Gasteiger partial charge in [-0.2, -0.15) is 4.31 Å². The molecular formula is C18H13Br2NO3S2. The van der Waals surface area contributed by atoms with E-state index in [0.717, 1.165) is 13.7 Å². The van der Waals surface area contributed by atoms with Crippen LogP contribution in [0.3, 0.4) is 0 Å². The van der Waals surface area contributed by atoms with Gasteiger partial charge < -0.3 is 0 Å². The fourth-order valence-corrected chi connectivity index (χ4v) is 5.73. The third-order valence-corrected chi connectivity index (χ3v) is 8.56. The maximum atomic E-state index is 13.2. The van der Waals surface area contributed by atoms with Gasteiger partial charge in [0.25, 0.3) is 15.9 Å². The van der Waals surface area contributed by atoms with Crippen LogP contribution in [0.15, 0.2) is 73.8 Å². The van der Waals surface area contributed by atoms with Crippen molar-refractivity contribution in [2.75, 3.05) is 4.31 Å². The van der Waals surface area contributed by atoms with Gasteiger partial charge in [0.1, 0.15) is 0 Å². The van der Waals surface area contributed by atoms with Gasteiger partial charge in [-0.1, -0.05) is 35.9 Å². The topological polar surface area (TPSA) is 54.5 Å². The number of halogens is 2. The minimum absolute atomic E-state index is 0.0648. The molecular weight excluding hydrogens is 502 g/mol. The summed E-state index contributed by atoms with van der Waals surface area (Å²) in [5, 5.41) is 0. The highest BCUT2D eigenvalue weighted by atomic mass is 79.9. The molecule has 0 spiro atoms. The molecule has 0 aliphatic rings. The van der Waals surface area contributed by atoms with E-state index in [1.54, 1.807) is 48.5 Å². The van der Waals surface area contributed by atoms with Crippen LogP contribution in [0, 0.1) is 6.92 Å². The number of anilines is 1. The standard InChI is InChI=1S/C18H13Br2NO3S2/c1-12-7-9-14(10-8-12)26(23,24)21(13-5-3-2-4-6-13)18(22)16-11-15(19)17(20)25-16/h2-11H,1H3. The summed E-state index contributed by atoms with van der Waals surface area (Å²) in [6, 6.07) is 16.4. The largest absolute Gasteiger partial charge is 0.282 e. The Morgan fingerprint density at radius 3 is 2.15 bits per heavy atom. The molecule has 3 aromatic rings. The molecule has 0 unspecified atom stereocenters. The summed E-state index contributed by atoms with van der Waals surface area (Å²) in [6.45, 7) is 1.87. The van der Waals surface area contributed by atoms with Crippen LogP contribution in [0.25, 0.3) is 0 Å². The smallest absolute Gasteiger partial charge is 0.267 e. The number of carbonyl (C=O) groups excluding carboxylic acids is 1. The van der Waals surface area contributed by atoms with E-state index in [1.165, 1.54) is 23.5 Å². The molecule has 0 saturated heterocycles. The SMILES string of the molecule is Cc1ccc(S(=O)(=O)N(C(=O)c2cc(Br)c(Br)s2)c2ccccc2)cc1. The zero-order chi connectivity index (χ0) is 18.9. The molecule has 0 fully saturated rings. The molecule has 26 heavy (non-hydrogen) atoms. The van der Waals surface area contributed by atoms with Crippen molar-refractivity contribution < 1.29 is 13.2 Å². The van der Waals surface area contributed by atoms with Crippen LogP contribution in [-0.4, -0.2) is 14.3 Å². The van der Waals surface area contributed by atoms with Crippen molar-refractivity contribution in [3.8, 4) is 0 Å². The zero-order valence-electron chi connectivity index (χ0n) is 13.5. The van der Waals surface area contributed by atoms with Gasteiger partial charge in [-0.3, -0.25) is 4.79 Å². The fraction of sp³-hybridized carbons (Fsp3) is 0.0556. The second kappa shape index (κ2) is 7.64. The Balaban J connectivity index is 2.15. The number of sulfonamides is 1. The summed E-state index contributed by atoms with van der Waals surface area (Å²) in [5.74, 6) is -0.604. The van der Waals surface area contributed by atoms with Crippen LogP contribution < -0.4 is 4.31 Å². The second-order valence-electron chi connectivity index (χ2n) is 5.46. The van der Waals surface area contributed by atoms with Crippen molar-refractivity contribution in [2.24, 2.45) is 0 Å². The second-order valence-corrected chi connectivity index (χ2v) is 10.5. The summed E-state index contributed by atoms with van der Waals surface area (Å²) in [5.41, 5.74) is 1.23. The molecule has 0 bridgehead atoms. The molecule has 1 aromatic heterocycles. The van der Waals surface area contributed by atoms with E-state index in [-0.39, 0.29) is 4.90 Å². The minimum Gasteiger partial charge on any atom is -0.267 e. The molecule has 0 aliphatic carbocycles. The van der Waals surface area contributed by atoms with Gasteiger partial charge in [-0.15, -0.1) is 11.3 Å². The van der Waals surface area contributed by atoms with Gasteiger partial charge in [0.05, 0.1) is 19.2 Å². The highest BCUT2D eigenvalue weighted by Crippen LogP contribution is 2.35. The molecule has 134 valence electrons. The lowest BCUT2D eigenvalue weighted by Crippen LogP contribution is -2.36. The molecule has 1 amide bonds. The Morgan fingerprint density at radius 2 is 1.62 bits per heavy atom. The highest BCUT2D eigenvalue weighted by Gasteiger charge is 2.32. The van der Waals surface area contributed by atoms with E-state index in [1.807, 2.05) is 6.92 Å². The Kier molecular flexibility index (Phi) is 5.67. The van der Waals surface area contributed by atoms with Crippen molar-refractivity contribution in [3.63, 3.8) is 0 Å². The maximum Gasteiger partial charge on any atom is 0.282 e. The lowest BCUT2D eigenvalue weighted by Gasteiger charge is -2.22. The number of benzene rings is 2. The molecule has 2 aromatic carbocycles. The van der Waals surface area contributed by atoms with Crippen LogP contribution in [0.2, 0.25) is 0 Å². The van der Waals surface area contributed by atoms with Gasteiger partial charge in [-0.05, 0) is 69.1 Å². The van der Waals surface area contributed by atoms with Crippen LogP contribution >= 0.6 is 43.2 Å². The molecule has 4 nitrogen and oxygen atoms in total. The van der Waals surface area contributed by atoms with Gasteiger partial charge in [0.2, 0.25) is 0 Å². The van der Waals surface area contributed by atoms with Gasteiger partial charge in [0, 0.05) is 4.47 Å². The first kappa shape index (κ1) is 19.3. The van der Waals surface area contributed by atoms with E-state index >= 15 is 0 Å². The number of rotatable bonds is 4. The third-order valence-electron chi connectivity index (χ3n) is 3.59. The number of hydrogen-bond acceptors (Lipinski definition) is 4. The number of thiophene rings is 1. The lowest BCUT2D eigenvalue weighted by molar-refractivity contribution is 0.101. The zero-order valence-corrected chi connectivity index (χ0v) is 18.3. The van der Waals surface area contributed by atoms with Crippen molar-refractivity contribution >= 4 is 64.8 Å². The third kappa shape index (κ3) is 3.78. The predicted octanol–water partition coefficient (Wildman–Crippen LogP) is 5.62. The average molecular weight is 515 g/mol. The molecule has 3 rings (SSSR count). The lowest BCUT2D eigenvalue weighted by atomic mass is 10.2. The van der Waals surface area contributed by atoms with Crippen molar-refractivity contribution in [1.29, 1.82) is 0 Å². The Hall–Kier alpha value is -1.48.